The number of carbonyl (C=O) groups excluding carboxylic acids is 1. The summed E-state index contributed by atoms with van der Waals surface area (Å²) in [5, 5.41) is 0.559. The van der Waals surface area contributed by atoms with E-state index in [-0.39, 0.29) is 5.91 Å². The van der Waals surface area contributed by atoms with Crippen molar-refractivity contribution in [1.29, 1.82) is 0 Å². The highest BCUT2D eigenvalue weighted by atomic mass is 79.9. The van der Waals surface area contributed by atoms with Gasteiger partial charge in [0, 0.05) is 42.2 Å². The highest BCUT2D eigenvalue weighted by molar-refractivity contribution is 9.10. The zero-order chi connectivity index (χ0) is 14.7. The van der Waals surface area contributed by atoms with Gasteiger partial charge in [0.05, 0.1) is 10.6 Å². The summed E-state index contributed by atoms with van der Waals surface area (Å²) in [6.07, 6.45) is 0. The number of rotatable bonds is 3. The topological polar surface area (TPSA) is 49.6 Å². The molecule has 1 aromatic rings. The van der Waals surface area contributed by atoms with Crippen molar-refractivity contribution in [2.45, 2.75) is 0 Å². The molecular formula is C13H15BrClN3OS. The van der Waals surface area contributed by atoms with Crippen LogP contribution in [0.1, 0.15) is 10.4 Å². The van der Waals surface area contributed by atoms with E-state index in [1.165, 1.54) is 0 Å². The van der Waals surface area contributed by atoms with Gasteiger partial charge in [0.25, 0.3) is 5.91 Å². The van der Waals surface area contributed by atoms with E-state index in [2.05, 4.69) is 20.8 Å². The van der Waals surface area contributed by atoms with Gasteiger partial charge in [0.2, 0.25) is 0 Å². The molecule has 0 atom stereocenters. The molecule has 0 unspecified atom stereocenters. The summed E-state index contributed by atoms with van der Waals surface area (Å²) in [6.45, 7) is 3.50. The molecule has 1 aromatic carbocycles. The number of benzene rings is 1. The standard InChI is InChI=1S/C13H15BrClN3OS/c14-11-2-1-9(15)7-10(11)13(19)18-5-3-17(4-6-18)8-12(16)20/h1-2,7H,3-6,8H2,(H2,16,20). The number of thiocarbonyl (C=S) groups is 1. The third-order valence-electron chi connectivity index (χ3n) is 3.20. The smallest absolute Gasteiger partial charge is 0.255 e. The molecule has 108 valence electrons. The van der Waals surface area contributed by atoms with Crippen LogP contribution in [-0.4, -0.2) is 53.4 Å². The molecule has 1 aliphatic rings. The van der Waals surface area contributed by atoms with E-state index in [1.54, 1.807) is 18.2 Å². The van der Waals surface area contributed by atoms with Crippen molar-refractivity contribution >= 4 is 50.6 Å². The fourth-order valence-electron chi connectivity index (χ4n) is 2.16. The quantitative estimate of drug-likeness (QED) is 0.821. The minimum Gasteiger partial charge on any atom is -0.392 e. The van der Waals surface area contributed by atoms with Gasteiger partial charge in [-0.2, -0.15) is 0 Å². The van der Waals surface area contributed by atoms with Crippen LogP contribution in [-0.2, 0) is 0 Å². The number of nitrogens with two attached hydrogens (primary N) is 1. The molecule has 0 spiro atoms. The van der Waals surface area contributed by atoms with Gasteiger partial charge in [0.1, 0.15) is 0 Å². The highest BCUT2D eigenvalue weighted by Crippen LogP contribution is 2.23. The van der Waals surface area contributed by atoms with Gasteiger partial charge in [-0.1, -0.05) is 23.8 Å². The number of hydrogen-bond acceptors (Lipinski definition) is 3. The molecule has 0 aromatic heterocycles. The predicted molar refractivity (Wildman–Crippen MR) is 88.3 cm³/mol. The second-order valence-electron chi connectivity index (χ2n) is 4.66. The maximum absolute atomic E-state index is 12.5. The lowest BCUT2D eigenvalue weighted by molar-refractivity contribution is 0.0653. The van der Waals surface area contributed by atoms with Crippen LogP contribution >= 0.6 is 39.7 Å². The fourth-order valence-corrected chi connectivity index (χ4v) is 2.93. The zero-order valence-electron chi connectivity index (χ0n) is 10.8. The summed E-state index contributed by atoms with van der Waals surface area (Å²) in [4.78, 5) is 16.9. The largest absolute Gasteiger partial charge is 0.392 e. The van der Waals surface area contributed by atoms with Gasteiger partial charge in [-0.25, -0.2) is 0 Å². The number of carbonyl (C=O) groups is 1. The second-order valence-corrected chi connectivity index (χ2v) is 6.47. The molecule has 20 heavy (non-hydrogen) atoms. The number of halogens is 2. The van der Waals surface area contributed by atoms with Crippen LogP contribution in [0.5, 0.6) is 0 Å². The summed E-state index contributed by atoms with van der Waals surface area (Å²) >= 11 is 14.2. The Labute approximate surface area is 137 Å². The van der Waals surface area contributed by atoms with Gasteiger partial charge in [-0.05, 0) is 34.1 Å². The van der Waals surface area contributed by atoms with Gasteiger partial charge in [0.15, 0.2) is 0 Å². The lowest BCUT2D eigenvalue weighted by atomic mass is 10.2. The third-order valence-corrected chi connectivity index (χ3v) is 4.25. The Morgan fingerprint density at radius 2 is 2.00 bits per heavy atom. The first-order valence-electron chi connectivity index (χ1n) is 6.22. The number of hydrogen-bond donors (Lipinski definition) is 1. The van der Waals surface area contributed by atoms with Crippen molar-refractivity contribution in [3.63, 3.8) is 0 Å². The molecule has 2 rings (SSSR count). The molecule has 1 saturated heterocycles. The molecule has 1 fully saturated rings. The lowest BCUT2D eigenvalue weighted by Gasteiger charge is -2.34. The third kappa shape index (κ3) is 3.91. The molecule has 0 radical (unpaired) electrons. The number of nitrogens with zero attached hydrogens (tertiary/aromatic N) is 2. The van der Waals surface area contributed by atoms with Gasteiger partial charge in [-0.15, -0.1) is 0 Å². The molecule has 4 nitrogen and oxygen atoms in total. The van der Waals surface area contributed by atoms with Crippen LogP contribution < -0.4 is 5.73 Å². The first-order chi connectivity index (χ1) is 9.47. The minimum atomic E-state index is -0.00523. The molecule has 0 saturated carbocycles. The minimum absolute atomic E-state index is 0.00523. The molecule has 0 bridgehead atoms. The number of amides is 1. The molecule has 2 N–H and O–H groups in total. The van der Waals surface area contributed by atoms with Gasteiger partial charge < -0.3 is 10.6 Å². The molecular weight excluding hydrogens is 362 g/mol. The van der Waals surface area contributed by atoms with Crippen molar-refractivity contribution in [2.75, 3.05) is 32.7 Å². The van der Waals surface area contributed by atoms with Crippen LogP contribution in [0.4, 0.5) is 0 Å². The molecule has 1 aliphatic heterocycles. The number of piperazine rings is 1. The van der Waals surface area contributed by atoms with Gasteiger partial charge in [-0.3, -0.25) is 9.69 Å². The van der Waals surface area contributed by atoms with Crippen LogP contribution in [0.15, 0.2) is 22.7 Å². The summed E-state index contributed by atoms with van der Waals surface area (Å²) in [7, 11) is 0. The average Bonchev–Trinajstić information content (AvgIpc) is 2.41. The van der Waals surface area contributed by atoms with Gasteiger partial charge >= 0.3 is 0 Å². The summed E-state index contributed by atoms with van der Waals surface area (Å²) in [6, 6.07) is 5.23. The van der Waals surface area contributed by atoms with Crippen LogP contribution in [0.25, 0.3) is 0 Å². The first-order valence-corrected chi connectivity index (χ1v) is 7.80. The highest BCUT2D eigenvalue weighted by Gasteiger charge is 2.23. The van der Waals surface area contributed by atoms with Crippen LogP contribution in [0, 0.1) is 0 Å². The van der Waals surface area contributed by atoms with E-state index in [1.807, 2.05) is 4.90 Å². The molecule has 0 aliphatic carbocycles. The normalized spacial score (nSPS) is 16.2. The second kappa shape index (κ2) is 6.85. The van der Waals surface area contributed by atoms with E-state index in [0.29, 0.717) is 35.2 Å². The lowest BCUT2D eigenvalue weighted by Crippen LogP contribution is -2.50. The van der Waals surface area contributed by atoms with E-state index in [4.69, 9.17) is 29.6 Å². The van der Waals surface area contributed by atoms with Crippen LogP contribution in [0.2, 0.25) is 5.02 Å². The molecule has 1 heterocycles. The monoisotopic (exact) mass is 375 g/mol. The molecule has 1 amide bonds. The Bertz CT molecular complexity index is 532. The first kappa shape index (κ1) is 15.7. The van der Waals surface area contributed by atoms with Crippen molar-refractivity contribution < 1.29 is 4.79 Å². The Balaban J connectivity index is 2.01. The Morgan fingerprint density at radius 3 is 2.60 bits per heavy atom. The summed E-state index contributed by atoms with van der Waals surface area (Å²) < 4.78 is 0.762. The summed E-state index contributed by atoms with van der Waals surface area (Å²) in [5.41, 5.74) is 6.13. The summed E-state index contributed by atoms with van der Waals surface area (Å²) in [5.74, 6) is -0.00523. The van der Waals surface area contributed by atoms with Crippen LogP contribution in [0.3, 0.4) is 0 Å². The SMILES string of the molecule is NC(=S)CN1CCN(C(=O)c2cc(Cl)ccc2Br)CC1. The fraction of sp³-hybridized carbons (Fsp3) is 0.385. The van der Waals surface area contributed by atoms with Crippen molar-refractivity contribution in [2.24, 2.45) is 5.73 Å². The average molecular weight is 377 g/mol. The Morgan fingerprint density at radius 1 is 1.35 bits per heavy atom. The maximum atomic E-state index is 12.5. The zero-order valence-corrected chi connectivity index (χ0v) is 14.0. The Hall–Kier alpha value is -0.690. The molecule has 7 heteroatoms. The van der Waals surface area contributed by atoms with E-state index < -0.39 is 0 Å². The maximum Gasteiger partial charge on any atom is 0.255 e. The van der Waals surface area contributed by atoms with Crippen molar-refractivity contribution in [3.05, 3.63) is 33.3 Å². The Kier molecular flexibility index (Phi) is 5.37. The van der Waals surface area contributed by atoms with Crippen molar-refractivity contribution in [3.8, 4) is 0 Å². The predicted octanol–water partition coefficient (Wildman–Crippen LogP) is 2.15. The van der Waals surface area contributed by atoms with E-state index in [0.717, 1.165) is 17.6 Å². The van der Waals surface area contributed by atoms with Crippen molar-refractivity contribution in [1.82, 2.24) is 9.80 Å². The van der Waals surface area contributed by atoms with E-state index >= 15 is 0 Å². The van der Waals surface area contributed by atoms with E-state index in [9.17, 15) is 4.79 Å².